The molecular weight excluding hydrogens is 757 g/mol. The van der Waals surface area contributed by atoms with Crippen LogP contribution in [0.2, 0.25) is 0 Å². The Bertz CT molecular complexity index is 1790. The third-order valence-corrected chi connectivity index (χ3v) is 11.1. The first-order chi connectivity index (χ1) is 28.2. The van der Waals surface area contributed by atoms with Crippen LogP contribution in [0, 0.1) is 5.92 Å². The van der Waals surface area contributed by atoms with Crippen molar-refractivity contribution in [1.29, 1.82) is 0 Å². The Hall–Kier alpha value is -5.28. The van der Waals surface area contributed by atoms with Gasteiger partial charge in [0.1, 0.15) is 24.7 Å². The fourth-order valence-electron chi connectivity index (χ4n) is 8.11. The summed E-state index contributed by atoms with van der Waals surface area (Å²) >= 11 is 0. The summed E-state index contributed by atoms with van der Waals surface area (Å²) in [5.41, 5.74) is 0.800. The molecule has 59 heavy (non-hydrogen) atoms. The number of ether oxygens (including phenoxy) is 2. The largest absolute Gasteiger partial charge is 0.445 e. The lowest BCUT2D eigenvalue weighted by Crippen LogP contribution is -2.58. The first kappa shape index (κ1) is 44.8. The third-order valence-electron chi connectivity index (χ3n) is 11.1. The smallest absolute Gasteiger partial charge is 0.408 e. The molecule has 5 N–H and O–H groups in total. The number of carbonyl (C=O) groups excluding carboxylic acids is 6. The van der Waals surface area contributed by atoms with Crippen molar-refractivity contribution in [3.8, 4) is 0 Å². The van der Waals surface area contributed by atoms with Crippen molar-refractivity contribution >= 4 is 35.6 Å². The highest BCUT2D eigenvalue weighted by molar-refractivity contribution is 5.94. The zero-order valence-corrected chi connectivity index (χ0v) is 34.6. The van der Waals surface area contributed by atoms with Crippen LogP contribution in [0.5, 0.6) is 0 Å². The number of alkyl carbamates (subject to hydrolysis) is 1. The van der Waals surface area contributed by atoms with Gasteiger partial charge in [0, 0.05) is 26.6 Å². The van der Waals surface area contributed by atoms with Crippen molar-refractivity contribution in [2.45, 2.75) is 120 Å². The maximum absolute atomic E-state index is 14.5. The Balaban J connectivity index is 1.32. The summed E-state index contributed by atoms with van der Waals surface area (Å²) in [6, 6.07) is 13.9. The van der Waals surface area contributed by atoms with Crippen molar-refractivity contribution in [3.05, 3.63) is 83.9 Å². The van der Waals surface area contributed by atoms with Gasteiger partial charge < -0.3 is 45.6 Å². The molecule has 15 heteroatoms. The van der Waals surface area contributed by atoms with Gasteiger partial charge in [-0.15, -0.1) is 0 Å². The molecule has 2 aromatic carbocycles. The number of aliphatic hydroxyl groups is 1. The van der Waals surface area contributed by atoms with Crippen LogP contribution in [-0.4, -0.2) is 114 Å². The van der Waals surface area contributed by atoms with Gasteiger partial charge in [0.2, 0.25) is 23.6 Å². The van der Waals surface area contributed by atoms with Gasteiger partial charge in [0.15, 0.2) is 6.10 Å². The van der Waals surface area contributed by atoms with Gasteiger partial charge >= 0.3 is 6.09 Å². The Morgan fingerprint density at radius 1 is 0.949 bits per heavy atom. The second-order valence-corrected chi connectivity index (χ2v) is 16.4. The van der Waals surface area contributed by atoms with E-state index in [9.17, 15) is 33.9 Å². The minimum atomic E-state index is -1.75. The Kier molecular flexibility index (Phi) is 16.0. The lowest BCUT2D eigenvalue weighted by molar-refractivity contribution is -0.143. The molecule has 0 bridgehead atoms. The normalized spacial score (nSPS) is 25.2. The maximum Gasteiger partial charge on any atom is 0.408 e. The average Bonchev–Trinajstić information content (AvgIpc) is 3.71. The average molecular weight is 817 g/mol. The van der Waals surface area contributed by atoms with E-state index < -0.39 is 78.2 Å². The minimum absolute atomic E-state index is 0.0203. The third kappa shape index (κ3) is 12.6. The Morgan fingerprint density at radius 2 is 1.59 bits per heavy atom. The number of nitrogens with zero attached hydrogens (tertiary/aromatic N) is 2. The van der Waals surface area contributed by atoms with Crippen LogP contribution >= 0.6 is 0 Å². The zero-order chi connectivity index (χ0) is 42.5. The van der Waals surface area contributed by atoms with E-state index in [1.807, 2.05) is 44.2 Å². The predicted octanol–water partition coefficient (Wildman–Crippen LogP) is 3.27. The van der Waals surface area contributed by atoms with Crippen LogP contribution in [0.15, 0.2) is 72.8 Å². The van der Waals surface area contributed by atoms with Gasteiger partial charge in [-0.2, -0.15) is 0 Å². The first-order valence-corrected chi connectivity index (χ1v) is 20.7. The number of rotatable bonds is 10. The van der Waals surface area contributed by atoms with E-state index in [1.54, 1.807) is 44.4 Å². The molecule has 0 radical (unpaired) electrons. The molecule has 6 amide bonds. The van der Waals surface area contributed by atoms with Crippen molar-refractivity contribution in [1.82, 2.24) is 31.1 Å². The molecule has 320 valence electrons. The van der Waals surface area contributed by atoms with E-state index in [0.29, 0.717) is 31.2 Å². The molecule has 2 saturated heterocycles. The topological polar surface area (TPSA) is 196 Å². The molecule has 2 aromatic rings. The highest BCUT2D eigenvalue weighted by Crippen LogP contribution is 2.43. The predicted molar refractivity (Wildman–Crippen MR) is 219 cm³/mol. The lowest BCUT2D eigenvalue weighted by Gasteiger charge is -2.33. The van der Waals surface area contributed by atoms with Crippen LogP contribution in [-0.2, 0) is 40.1 Å². The summed E-state index contributed by atoms with van der Waals surface area (Å²) in [6.07, 6.45) is 6.50. The van der Waals surface area contributed by atoms with E-state index in [1.165, 1.54) is 9.80 Å². The lowest BCUT2D eigenvalue weighted by atomic mass is 9.89. The molecule has 3 aliphatic rings. The van der Waals surface area contributed by atoms with Crippen LogP contribution in [0.1, 0.15) is 88.8 Å². The first-order valence-electron chi connectivity index (χ1n) is 20.7. The van der Waals surface area contributed by atoms with Crippen molar-refractivity contribution in [2.24, 2.45) is 5.92 Å². The van der Waals surface area contributed by atoms with Gasteiger partial charge in [0.25, 0.3) is 5.91 Å². The van der Waals surface area contributed by atoms with Crippen molar-refractivity contribution in [2.75, 3.05) is 27.2 Å². The molecule has 0 aromatic heterocycles. The molecule has 0 saturated carbocycles. The minimum Gasteiger partial charge on any atom is -0.445 e. The Morgan fingerprint density at radius 3 is 2.25 bits per heavy atom. The Labute approximate surface area is 346 Å². The summed E-state index contributed by atoms with van der Waals surface area (Å²) in [7, 11) is 3.15. The molecule has 3 aliphatic heterocycles. The summed E-state index contributed by atoms with van der Waals surface area (Å²) in [5, 5.41) is 22.3. The zero-order valence-electron chi connectivity index (χ0n) is 34.6. The van der Waals surface area contributed by atoms with E-state index >= 15 is 0 Å². The van der Waals surface area contributed by atoms with Gasteiger partial charge in [0.05, 0.1) is 24.3 Å². The van der Waals surface area contributed by atoms with Crippen molar-refractivity contribution < 1.29 is 43.3 Å². The quantitative estimate of drug-likeness (QED) is 0.224. The summed E-state index contributed by atoms with van der Waals surface area (Å²) in [4.78, 5) is 84.4. The second-order valence-electron chi connectivity index (χ2n) is 16.4. The number of allylic oxidation sites excluding steroid dienone is 2. The number of fused-ring (bicyclic) bond motifs is 3. The second kappa shape index (κ2) is 21.1. The fourth-order valence-corrected chi connectivity index (χ4v) is 8.11. The van der Waals surface area contributed by atoms with Crippen LogP contribution in [0.25, 0.3) is 0 Å². The number of hydrogen-bond acceptors (Lipinski definition) is 9. The van der Waals surface area contributed by atoms with E-state index in [2.05, 4.69) is 33.4 Å². The highest BCUT2D eigenvalue weighted by Gasteiger charge is 2.56. The van der Waals surface area contributed by atoms with Gasteiger partial charge in [-0.05, 0) is 69.9 Å². The molecule has 7 atom stereocenters. The van der Waals surface area contributed by atoms with E-state index in [-0.39, 0.29) is 31.4 Å². The number of aliphatic hydroxyl groups excluding tert-OH is 1. The van der Waals surface area contributed by atoms with E-state index in [4.69, 9.17) is 9.47 Å². The van der Waals surface area contributed by atoms with Gasteiger partial charge in [-0.1, -0.05) is 85.7 Å². The van der Waals surface area contributed by atoms with Crippen molar-refractivity contribution in [3.63, 3.8) is 0 Å². The number of hydrogen-bond donors (Lipinski definition) is 5. The number of amides is 6. The fraction of sp³-hybridized carbons (Fsp3) is 0.545. The molecule has 0 spiro atoms. The number of benzene rings is 2. The standard InChI is InChI=1S/C44H60N6O9/c1-44(2)25-31-34(59-44)27-50-37(31)39(53)46-32(38(52)40(54)45-26-35(51)48-36(42(56)49(3)4)30-21-15-12-16-22-30)23-17-9-7-5-6-8-10-18-24-33(41(50)55)47-43(57)58-28-29-19-13-11-14-20-29/h5-6,11-16,19-22,31-34,36-38,52H,7-10,17-18,23-28H2,1-4H3,(H,45,54)(H,46,53)(H,47,57)(H,48,51)/b6-5+/t31-,32-,33-,34?,36-,37-,38?/m0/s1. The maximum atomic E-state index is 14.5. The molecule has 3 heterocycles. The number of likely N-dealkylation sites (N-methyl/N-ethyl adjacent to an activating group) is 1. The molecule has 2 unspecified atom stereocenters. The molecule has 2 fully saturated rings. The number of carbonyl (C=O) groups is 6. The van der Waals surface area contributed by atoms with E-state index in [0.717, 1.165) is 31.2 Å². The molecular formula is C44H60N6O9. The summed E-state index contributed by atoms with van der Waals surface area (Å²) < 4.78 is 11.8. The van der Waals surface area contributed by atoms with Crippen LogP contribution < -0.4 is 21.3 Å². The summed E-state index contributed by atoms with van der Waals surface area (Å²) in [5.74, 6) is -3.28. The van der Waals surface area contributed by atoms with Gasteiger partial charge in [-0.25, -0.2) is 4.79 Å². The van der Waals surface area contributed by atoms with Gasteiger partial charge in [-0.3, -0.25) is 24.0 Å². The summed E-state index contributed by atoms with van der Waals surface area (Å²) in [6.45, 7) is 3.47. The number of nitrogens with one attached hydrogen (secondary N) is 4. The molecule has 5 rings (SSSR count). The monoisotopic (exact) mass is 816 g/mol. The SMILES string of the molecule is CN(C)C(=O)[C@@H](NC(=O)CNC(=O)C(O)[C@@H]1CCCC/C=C/CCCC[C@H](NC(=O)OCc2ccccc2)C(=O)N2CC3OC(C)(C)C[C@@H]3[C@H]2C(=O)N1)c1ccccc1. The van der Waals surface area contributed by atoms with Crippen LogP contribution in [0.4, 0.5) is 4.79 Å². The van der Waals surface area contributed by atoms with Crippen LogP contribution in [0.3, 0.4) is 0 Å². The highest BCUT2D eigenvalue weighted by atomic mass is 16.5. The molecule has 0 aliphatic carbocycles. The molecule has 15 nitrogen and oxygen atoms in total.